The van der Waals surface area contributed by atoms with Gasteiger partial charge in [-0.25, -0.2) is 4.31 Å². The van der Waals surface area contributed by atoms with Crippen molar-refractivity contribution in [2.24, 2.45) is 0 Å². The number of benzene rings is 1. The Hall–Kier alpha value is -0.590. The molecule has 0 saturated carbocycles. The summed E-state index contributed by atoms with van der Waals surface area (Å²) in [4.78, 5) is 3.14. The van der Waals surface area contributed by atoms with E-state index in [1.165, 1.54) is 12.1 Å². The van der Waals surface area contributed by atoms with Crippen LogP contribution in [0.2, 0.25) is 10.0 Å². The lowest BCUT2D eigenvalue weighted by molar-refractivity contribution is 0.259. The summed E-state index contributed by atoms with van der Waals surface area (Å²) < 4.78 is 5.30. The standard InChI is InChI=1S/C11H11Cl2N3OS/c12-7-3-6-5-16(1-2-17)18-15-10(6)11-9(7)8(13)4-14-11/h3-4,14-15,17H,1-2,5H2. The molecular formula is C11H11Cl2N3OS. The molecule has 0 bridgehead atoms. The first-order chi connectivity index (χ1) is 8.70. The Balaban J connectivity index is 2.09. The van der Waals surface area contributed by atoms with E-state index >= 15 is 0 Å². The minimum absolute atomic E-state index is 0.133. The Kier molecular flexibility index (Phi) is 3.34. The summed E-state index contributed by atoms with van der Waals surface area (Å²) in [5.74, 6) is 0. The number of aliphatic hydroxyl groups is 1. The molecule has 0 fully saturated rings. The van der Waals surface area contributed by atoms with Gasteiger partial charge in [-0.15, -0.1) is 0 Å². The first-order valence-corrected chi connectivity index (χ1v) is 7.00. The molecule has 0 atom stereocenters. The molecule has 4 nitrogen and oxygen atoms in total. The summed E-state index contributed by atoms with van der Waals surface area (Å²) in [5.41, 5.74) is 3.04. The van der Waals surface area contributed by atoms with Crippen LogP contribution in [0.25, 0.3) is 10.9 Å². The number of nitrogens with zero attached hydrogens (tertiary/aromatic N) is 1. The van der Waals surface area contributed by atoms with Gasteiger partial charge in [0.1, 0.15) is 0 Å². The van der Waals surface area contributed by atoms with Gasteiger partial charge in [0, 0.05) is 36.8 Å². The molecule has 0 saturated heterocycles. The van der Waals surface area contributed by atoms with E-state index in [2.05, 4.69) is 9.71 Å². The lowest BCUT2D eigenvalue weighted by Gasteiger charge is -2.28. The SMILES string of the molecule is OCCN1Cc2cc(Cl)c3c(Cl)c[nH]c3c2NS1. The van der Waals surface area contributed by atoms with Crippen molar-refractivity contribution < 1.29 is 5.11 Å². The van der Waals surface area contributed by atoms with Crippen LogP contribution in [-0.2, 0) is 6.54 Å². The number of hydrogen-bond donors (Lipinski definition) is 3. The zero-order chi connectivity index (χ0) is 12.7. The fraction of sp³-hybridized carbons (Fsp3) is 0.273. The highest BCUT2D eigenvalue weighted by molar-refractivity contribution is 7.98. The van der Waals surface area contributed by atoms with Gasteiger partial charge in [0.2, 0.25) is 0 Å². The fourth-order valence-electron chi connectivity index (χ4n) is 2.10. The average molecular weight is 304 g/mol. The van der Waals surface area contributed by atoms with Gasteiger partial charge in [0.15, 0.2) is 0 Å². The summed E-state index contributed by atoms with van der Waals surface area (Å²) >= 11 is 13.8. The van der Waals surface area contributed by atoms with Crippen molar-refractivity contribution in [1.29, 1.82) is 0 Å². The fourth-order valence-corrected chi connectivity index (χ4v) is 3.56. The second-order valence-corrected chi connectivity index (χ2v) is 5.78. The summed E-state index contributed by atoms with van der Waals surface area (Å²) in [6.07, 6.45) is 1.74. The number of β-amino-alcohol motifs (C(OH)–C–C–N with tert-alkyl or cyclic N) is 1. The maximum atomic E-state index is 8.96. The van der Waals surface area contributed by atoms with Crippen molar-refractivity contribution in [3.8, 4) is 0 Å². The predicted molar refractivity (Wildman–Crippen MR) is 77.0 cm³/mol. The number of fused-ring (bicyclic) bond motifs is 3. The molecule has 1 aromatic heterocycles. The van der Waals surface area contributed by atoms with E-state index in [0.29, 0.717) is 16.6 Å². The van der Waals surface area contributed by atoms with Gasteiger partial charge < -0.3 is 14.8 Å². The molecule has 0 radical (unpaired) electrons. The quantitative estimate of drug-likeness (QED) is 0.746. The van der Waals surface area contributed by atoms with E-state index in [0.717, 1.165) is 28.7 Å². The molecular weight excluding hydrogens is 293 g/mol. The molecule has 0 unspecified atom stereocenters. The molecule has 18 heavy (non-hydrogen) atoms. The number of halogens is 2. The van der Waals surface area contributed by atoms with Crippen LogP contribution >= 0.6 is 35.3 Å². The molecule has 1 aliphatic rings. The summed E-state index contributed by atoms with van der Waals surface area (Å²) in [6.45, 7) is 1.48. The van der Waals surface area contributed by atoms with Crippen LogP contribution in [0.4, 0.5) is 5.69 Å². The third-order valence-electron chi connectivity index (χ3n) is 2.92. The molecule has 3 N–H and O–H groups in total. The van der Waals surface area contributed by atoms with Gasteiger partial charge in [-0.05, 0) is 11.6 Å². The first kappa shape index (κ1) is 12.4. The van der Waals surface area contributed by atoms with Crippen LogP contribution in [0, 0.1) is 0 Å². The van der Waals surface area contributed by atoms with Gasteiger partial charge >= 0.3 is 0 Å². The normalized spacial score (nSPS) is 15.7. The number of aliphatic hydroxyl groups excluding tert-OH is 1. The summed E-state index contributed by atoms with van der Waals surface area (Å²) in [5, 5.41) is 11.1. The number of anilines is 1. The van der Waals surface area contributed by atoms with Crippen molar-refractivity contribution in [1.82, 2.24) is 9.29 Å². The highest BCUT2D eigenvalue weighted by Gasteiger charge is 2.21. The van der Waals surface area contributed by atoms with Crippen LogP contribution in [0.1, 0.15) is 5.56 Å². The van der Waals surface area contributed by atoms with Crippen molar-refractivity contribution in [2.75, 3.05) is 17.9 Å². The topological polar surface area (TPSA) is 51.3 Å². The average Bonchev–Trinajstić information content (AvgIpc) is 2.72. The number of aromatic amines is 1. The molecule has 1 aliphatic heterocycles. The maximum Gasteiger partial charge on any atom is 0.0742 e. The Labute approximate surface area is 119 Å². The van der Waals surface area contributed by atoms with Crippen molar-refractivity contribution in [3.63, 3.8) is 0 Å². The second-order valence-electron chi connectivity index (χ2n) is 4.06. The Morgan fingerprint density at radius 1 is 1.39 bits per heavy atom. The summed E-state index contributed by atoms with van der Waals surface area (Å²) in [6, 6.07) is 1.93. The molecule has 0 spiro atoms. The van der Waals surface area contributed by atoms with Crippen LogP contribution in [0.15, 0.2) is 12.3 Å². The van der Waals surface area contributed by atoms with Gasteiger partial charge in [0.05, 0.1) is 27.9 Å². The number of hydrogen-bond acceptors (Lipinski definition) is 4. The number of rotatable bonds is 2. The maximum absolute atomic E-state index is 8.96. The molecule has 1 aromatic carbocycles. The van der Waals surface area contributed by atoms with Gasteiger partial charge in [-0.3, -0.25) is 0 Å². The molecule has 7 heteroatoms. The minimum atomic E-state index is 0.133. The third kappa shape index (κ3) is 1.96. The van der Waals surface area contributed by atoms with Crippen LogP contribution in [0.5, 0.6) is 0 Å². The third-order valence-corrected chi connectivity index (χ3v) is 4.38. The number of nitrogens with one attached hydrogen (secondary N) is 2. The minimum Gasteiger partial charge on any atom is -0.395 e. The lowest BCUT2D eigenvalue weighted by Crippen LogP contribution is -2.25. The molecule has 3 rings (SSSR count). The first-order valence-electron chi connectivity index (χ1n) is 5.47. The van der Waals surface area contributed by atoms with Crippen molar-refractivity contribution >= 4 is 51.9 Å². The second kappa shape index (κ2) is 4.83. The van der Waals surface area contributed by atoms with Gasteiger partial charge in [0.25, 0.3) is 0 Å². The van der Waals surface area contributed by atoms with Crippen LogP contribution in [0.3, 0.4) is 0 Å². The van der Waals surface area contributed by atoms with E-state index in [4.69, 9.17) is 28.3 Å². The number of H-pyrrole nitrogens is 1. The number of aromatic nitrogens is 1. The molecule has 96 valence electrons. The Morgan fingerprint density at radius 2 is 2.22 bits per heavy atom. The van der Waals surface area contributed by atoms with E-state index in [9.17, 15) is 0 Å². The van der Waals surface area contributed by atoms with Crippen molar-refractivity contribution in [2.45, 2.75) is 6.54 Å². The molecule has 0 aliphatic carbocycles. The Morgan fingerprint density at radius 3 is 3.00 bits per heavy atom. The monoisotopic (exact) mass is 303 g/mol. The Bertz CT molecular complexity index is 601. The lowest BCUT2D eigenvalue weighted by atomic mass is 10.1. The molecule has 2 heterocycles. The van der Waals surface area contributed by atoms with Crippen LogP contribution in [-0.4, -0.2) is 27.5 Å². The van der Waals surface area contributed by atoms with E-state index in [1.54, 1.807) is 6.20 Å². The zero-order valence-electron chi connectivity index (χ0n) is 9.33. The van der Waals surface area contributed by atoms with Gasteiger partial charge in [-0.1, -0.05) is 23.2 Å². The smallest absolute Gasteiger partial charge is 0.0742 e. The van der Waals surface area contributed by atoms with Crippen molar-refractivity contribution in [3.05, 3.63) is 27.9 Å². The van der Waals surface area contributed by atoms with E-state index in [1.807, 2.05) is 10.4 Å². The van der Waals surface area contributed by atoms with E-state index in [-0.39, 0.29) is 6.61 Å². The predicted octanol–water partition coefficient (Wildman–Crippen LogP) is 3.26. The zero-order valence-corrected chi connectivity index (χ0v) is 11.7. The summed E-state index contributed by atoms with van der Waals surface area (Å²) in [7, 11) is 0. The highest BCUT2D eigenvalue weighted by Crippen LogP contribution is 2.41. The van der Waals surface area contributed by atoms with E-state index < -0.39 is 0 Å². The molecule has 0 amide bonds. The van der Waals surface area contributed by atoms with Crippen LogP contribution < -0.4 is 4.72 Å². The molecule has 2 aromatic rings. The largest absolute Gasteiger partial charge is 0.395 e. The highest BCUT2D eigenvalue weighted by atomic mass is 35.5. The van der Waals surface area contributed by atoms with Gasteiger partial charge in [-0.2, -0.15) is 0 Å².